The van der Waals surface area contributed by atoms with Crippen LogP contribution in [0.2, 0.25) is 0 Å². The third-order valence-corrected chi connectivity index (χ3v) is 4.64. The molecule has 146 valence electrons. The lowest BCUT2D eigenvalue weighted by atomic mass is 9.94. The molecule has 0 atom stereocenters. The predicted molar refractivity (Wildman–Crippen MR) is 106 cm³/mol. The number of carbonyl (C=O) groups excluding carboxylic acids is 1. The highest BCUT2D eigenvalue weighted by Crippen LogP contribution is 2.28. The van der Waals surface area contributed by atoms with E-state index in [4.69, 9.17) is 5.73 Å². The summed E-state index contributed by atoms with van der Waals surface area (Å²) in [6.45, 7) is 3.97. The first-order chi connectivity index (χ1) is 13.2. The van der Waals surface area contributed by atoms with Crippen LogP contribution in [0.25, 0.3) is 11.0 Å². The summed E-state index contributed by atoms with van der Waals surface area (Å²) in [5, 5.41) is 3.02. The van der Waals surface area contributed by atoms with Crippen molar-refractivity contribution in [1.29, 1.82) is 0 Å². The number of nitrogen functional groups attached to an aromatic ring is 1. The Labute approximate surface area is 160 Å². The lowest BCUT2D eigenvalue weighted by Crippen LogP contribution is -2.38. The van der Waals surface area contributed by atoms with Gasteiger partial charge in [0, 0.05) is 33.0 Å². The van der Waals surface area contributed by atoms with Gasteiger partial charge in [-0.3, -0.25) is 23.7 Å². The number of aryl methyl sites for hydroxylation is 1. The molecule has 0 saturated heterocycles. The minimum absolute atomic E-state index is 0.0249. The Morgan fingerprint density at radius 2 is 1.96 bits per heavy atom. The number of amides is 1. The monoisotopic (exact) mass is 382 g/mol. The van der Waals surface area contributed by atoms with Crippen LogP contribution in [0.5, 0.6) is 0 Å². The maximum absolute atomic E-state index is 12.9. The number of fused-ring (bicyclic) bond motifs is 1. The van der Waals surface area contributed by atoms with Crippen molar-refractivity contribution in [2.45, 2.75) is 26.3 Å². The van der Waals surface area contributed by atoms with E-state index in [0.29, 0.717) is 5.56 Å². The first-order valence-corrected chi connectivity index (χ1v) is 8.80. The van der Waals surface area contributed by atoms with E-state index in [9.17, 15) is 14.4 Å². The Morgan fingerprint density at radius 3 is 2.57 bits per heavy atom. The van der Waals surface area contributed by atoms with Gasteiger partial charge in [0.15, 0.2) is 5.65 Å². The number of aromatic nitrogens is 4. The van der Waals surface area contributed by atoms with Gasteiger partial charge in [-0.15, -0.1) is 0 Å². The summed E-state index contributed by atoms with van der Waals surface area (Å²) in [6, 6.07) is 3.61. The molecule has 9 heteroatoms. The molecule has 3 aromatic rings. The van der Waals surface area contributed by atoms with Crippen molar-refractivity contribution in [3.63, 3.8) is 0 Å². The fourth-order valence-corrected chi connectivity index (χ4v) is 3.22. The maximum Gasteiger partial charge on any atom is 0.332 e. The molecule has 0 radical (unpaired) electrons. The summed E-state index contributed by atoms with van der Waals surface area (Å²) in [6.07, 6.45) is 3.30. The molecule has 28 heavy (non-hydrogen) atoms. The molecule has 0 bridgehead atoms. The van der Waals surface area contributed by atoms with Crippen LogP contribution in [0, 0.1) is 0 Å². The van der Waals surface area contributed by atoms with Crippen LogP contribution < -0.4 is 22.3 Å². The van der Waals surface area contributed by atoms with E-state index in [1.54, 1.807) is 18.5 Å². The van der Waals surface area contributed by atoms with Crippen molar-refractivity contribution in [2.75, 3.05) is 5.73 Å². The Morgan fingerprint density at radius 1 is 1.25 bits per heavy atom. The third kappa shape index (κ3) is 3.15. The summed E-state index contributed by atoms with van der Waals surface area (Å²) in [7, 11) is 2.91. The quantitative estimate of drug-likeness (QED) is 0.683. The highest BCUT2D eigenvalue weighted by atomic mass is 16.2. The molecule has 0 aliphatic rings. The van der Waals surface area contributed by atoms with Crippen molar-refractivity contribution < 1.29 is 4.79 Å². The average Bonchev–Trinajstić information content (AvgIpc) is 2.68. The number of nitrogens with two attached hydrogens (primary N) is 1. The number of hydrogen-bond donors (Lipinski definition) is 2. The standard InChI is InChI=1S/C19H22N6O3/c1-10(2)12-13(17(26)22-9-11-6-5-7-21-8-11)15(20)23-16-14(12)18(27)25(4)19(28)24(16)3/h5-8,10H,9H2,1-4H3,(H2,20,23)(H,22,26). The molecule has 1 amide bonds. The van der Waals surface area contributed by atoms with Crippen LogP contribution in [0.1, 0.15) is 41.3 Å². The third-order valence-electron chi connectivity index (χ3n) is 4.64. The summed E-state index contributed by atoms with van der Waals surface area (Å²) in [5.74, 6) is -0.657. The van der Waals surface area contributed by atoms with Crippen LogP contribution in [-0.2, 0) is 20.6 Å². The van der Waals surface area contributed by atoms with Crippen molar-refractivity contribution >= 4 is 22.8 Å². The first-order valence-electron chi connectivity index (χ1n) is 8.80. The molecule has 3 rings (SSSR count). The SMILES string of the molecule is CC(C)c1c(C(=O)NCc2cccnc2)c(N)nc2c1c(=O)n(C)c(=O)n2C. The second-order valence-electron chi connectivity index (χ2n) is 6.89. The molecule has 3 heterocycles. The van der Waals surface area contributed by atoms with Gasteiger partial charge < -0.3 is 11.1 Å². The van der Waals surface area contributed by atoms with Gasteiger partial charge in [-0.2, -0.15) is 0 Å². The maximum atomic E-state index is 12.9. The molecule has 9 nitrogen and oxygen atoms in total. The zero-order chi connectivity index (χ0) is 20.6. The molecule has 0 spiro atoms. The van der Waals surface area contributed by atoms with Crippen LogP contribution in [-0.4, -0.2) is 25.0 Å². The fraction of sp³-hybridized carbons (Fsp3) is 0.316. The van der Waals surface area contributed by atoms with Crippen molar-refractivity contribution in [2.24, 2.45) is 14.1 Å². The number of pyridine rings is 2. The van der Waals surface area contributed by atoms with Gasteiger partial charge >= 0.3 is 5.69 Å². The summed E-state index contributed by atoms with van der Waals surface area (Å²) in [4.78, 5) is 46.2. The van der Waals surface area contributed by atoms with E-state index < -0.39 is 17.2 Å². The Balaban J connectivity index is 2.21. The number of nitrogens with one attached hydrogen (secondary N) is 1. The number of hydrogen-bond acceptors (Lipinski definition) is 6. The highest BCUT2D eigenvalue weighted by Gasteiger charge is 2.25. The van der Waals surface area contributed by atoms with Gasteiger partial charge in [0.25, 0.3) is 11.5 Å². The van der Waals surface area contributed by atoms with E-state index in [1.807, 2.05) is 19.9 Å². The first kappa shape index (κ1) is 19.3. The van der Waals surface area contributed by atoms with Gasteiger partial charge in [0.05, 0.1) is 10.9 Å². The second kappa shape index (κ2) is 7.26. The molecule has 0 fully saturated rings. The zero-order valence-electron chi connectivity index (χ0n) is 16.2. The highest BCUT2D eigenvalue weighted by molar-refractivity contribution is 6.04. The molecule has 3 aromatic heterocycles. The van der Waals surface area contributed by atoms with Gasteiger partial charge in [-0.1, -0.05) is 19.9 Å². The molecule has 0 aromatic carbocycles. The number of rotatable bonds is 4. The second-order valence-corrected chi connectivity index (χ2v) is 6.89. The van der Waals surface area contributed by atoms with Gasteiger partial charge in [0.2, 0.25) is 0 Å². The number of anilines is 1. The molecule has 0 unspecified atom stereocenters. The molecular formula is C19H22N6O3. The Kier molecular flexibility index (Phi) is 5.00. The van der Waals surface area contributed by atoms with Crippen molar-refractivity contribution in [1.82, 2.24) is 24.4 Å². The fourth-order valence-electron chi connectivity index (χ4n) is 3.22. The van der Waals surface area contributed by atoms with E-state index in [1.165, 1.54) is 18.7 Å². The lowest BCUT2D eigenvalue weighted by molar-refractivity contribution is 0.0950. The van der Waals surface area contributed by atoms with Gasteiger partial charge in [0.1, 0.15) is 5.82 Å². The minimum atomic E-state index is -0.507. The zero-order valence-corrected chi connectivity index (χ0v) is 16.2. The number of nitrogens with zero attached hydrogens (tertiary/aromatic N) is 4. The normalized spacial score (nSPS) is 11.2. The average molecular weight is 382 g/mol. The van der Waals surface area contributed by atoms with E-state index in [-0.39, 0.29) is 34.9 Å². The van der Waals surface area contributed by atoms with E-state index >= 15 is 0 Å². The van der Waals surface area contributed by atoms with Gasteiger partial charge in [-0.05, 0) is 23.1 Å². The predicted octanol–water partition coefficient (Wildman–Crippen LogP) is 0.663. The minimum Gasteiger partial charge on any atom is -0.383 e. The molecule has 0 saturated carbocycles. The van der Waals surface area contributed by atoms with E-state index in [2.05, 4.69) is 15.3 Å². The van der Waals surface area contributed by atoms with Crippen molar-refractivity contribution in [3.8, 4) is 0 Å². The molecule has 0 aliphatic heterocycles. The molecule has 0 aliphatic carbocycles. The van der Waals surface area contributed by atoms with E-state index in [0.717, 1.165) is 10.1 Å². The Bertz CT molecular complexity index is 1180. The van der Waals surface area contributed by atoms with Crippen LogP contribution in [0.4, 0.5) is 5.82 Å². The number of carbonyl (C=O) groups is 1. The largest absolute Gasteiger partial charge is 0.383 e. The van der Waals surface area contributed by atoms with Crippen LogP contribution in [0.3, 0.4) is 0 Å². The lowest BCUT2D eigenvalue weighted by Gasteiger charge is -2.18. The topological polar surface area (TPSA) is 125 Å². The summed E-state index contributed by atoms with van der Waals surface area (Å²) >= 11 is 0. The van der Waals surface area contributed by atoms with Gasteiger partial charge in [-0.25, -0.2) is 9.78 Å². The van der Waals surface area contributed by atoms with Crippen LogP contribution in [0.15, 0.2) is 34.1 Å². The smallest absolute Gasteiger partial charge is 0.332 e. The molecule has 3 N–H and O–H groups in total. The summed E-state index contributed by atoms with van der Waals surface area (Å²) < 4.78 is 2.26. The Hall–Kier alpha value is -3.49. The van der Waals surface area contributed by atoms with Crippen molar-refractivity contribution in [3.05, 3.63) is 62.1 Å². The summed E-state index contributed by atoms with van der Waals surface area (Å²) in [5.41, 5.74) is 6.70. The van der Waals surface area contributed by atoms with Crippen LogP contribution >= 0.6 is 0 Å². The molecular weight excluding hydrogens is 360 g/mol.